The fourth-order valence-electron chi connectivity index (χ4n) is 3.42. The molecule has 2 heterocycles. The van der Waals surface area contributed by atoms with Crippen molar-refractivity contribution in [3.8, 4) is 5.69 Å². The summed E-state index contributed by atoms with van der Waals surface area (Å²) in [4.78, 5) is 12.6. The van der Waals surface area contributed by atoms with Crippen molar-refractivity contribution in [2.45, 2.75) is 12.5 Å². The van der Waals surface area contributed by atoms with Gasteiger partial charge in [0.25, 0.3) is 0 Å². The van der Waals surface area contributed by atoms with Gasteiger partial charge in [-0.05, 0) is 35.7 Å². The van der Waals surface area contributed by atoms with Crippen molar-refractivity contribution in [3.05, 3.63) is 84.2 Å². The van der Waals surface area contributed by atoms with Gasteiger partial charge in [0.1, 0.15) is 0 Å². The SMILES string of the molecule is O=C(NCCc1ccc(-n2cccn2)cc1)C1CNNC1c1ccccc1. The van der Waals surface area contributed by atoms with Crippen LogP contribution in [0.25, 0.3) is 5.69 Å². The van der Waals surface area contributed by atoms with Crippen molar-refractivity contribution in [2.24, 2.45) is 5.92 Å². The normalized spacial score (nSPS) is 19.1. The summed E-state index contributed by atoms with van der Waals surface area (Å²) >= 11 is 0. The molecule has 1 saturated heterocycles. The van der Waals surface area contributed by atoms with Crippen molar-refractivity contribution >= 4 is 5.91 Å². The molecule has 0 aliphatic carbocycles. The van der Waals surface area contributed by atoms with Crippen LogP contribution in [-0.2, 0) is 11.2 Å². The van der Waals surface area contributed by atoms with Gasteiger partial charge in [-0.2, -0.15) is 5.10 Å². The van der Waals surface area contributed by atoms with E-state index in [4.69, 9.17) is 0 Å². The van der Waals surface area contributed by atoms with Gasteiger partial charge in [-0.25, -0.2) is 10.1 Å². The second-order valence-corrected chi connectivity index (χ2v) is 6.68. The van der Waals surface area contributed by atoms with Crippen molar-refractivity contribution in [3.63, 3.8) is 0 Å². The molecule has 2 atom stereocenters. The Morgan fingerprint density at radius 2 is 1.93 bits per heavy atom. The molecule has 6 heteroatoms. The highest BCUT2D eigenvalue weighted by Crippen LogP contribution is 2.24. The van der Waals surface area contributed by atoms with Crippen LogP contribution in [0.4, 0.5) is 0 Å². The maximum absolute atomic E-state index is 12.6. The van der Waals surface area contributed by atoms with Crippen LogP contribution >= 0.6 is 0 Å². The van der Waals surface area contributed by atoms with Gasteiger partial charge in [-0.15, -0.1) is 0 Å². The molecule has 1 amide bonds. The number of nitrogens with zero attached hydrogens (tertiary/aromatic N) is 2. The van der Waals surface area contributed by atoms with Crippen LogP contribution in [-0.4, -0.2) is 28.8 Å². The van der Waals surface area contributed by atoms with E-state index < -0.39 is 0 Å². The van der Waals surface area contributed by atoms with Gasteiger partial charge in [0.05, 0.1) is 17.6 Å². The van der Waals surface area contributed by atoms with Crippen molar-refractivity contribution < 1.29 is 4.79 Å². The molecule has 27 heavy (non-hydrogen) atoms. The zero-order valence-corrected chi connectivity index (χ0v) is 15.0. The Balaban J connectivity index is 1.30. The van der Waals surface area contributed by atoms with Crippen LogP contribution < -0.4 is 16.2 Å². The highest BCUT2D eigenvalue weighted by Gasteiger charge is 2.33. The summed E-state index contributed by atoms with van der Waals surface area (Å²) in [7, 11) is 0. The van der Waals surface area contributed by atoms with E-state index in [-0.39, 0.29) is 17.9 Å². The van der Waals surface area contributed by atoms with Crippen LogP contribution in [0.3, 0.4) is 0 Å². The molecule has 0 radical (unpaired) electrons. The Labute approximate surface area is 158 Å². The molecule has 4 rings (SSSR count). The third kappa shape index (κ3) is 4.07. The molecule has 138 valence electrons. The number of carbonyl (C=O) groups excluding carboxylic acids is 1. The van der Waals surface area contributed by atoms with E-state index in [1.165, 1.54) is 5.56 Å². The molecule has 0 bridgehead atoms. The summed E-state index contributed by atoms with van der Waals surface area (Å²) in [6.45, 7) is 1.25. The predicted molar refractivity (Wildman–Crippen MR) is 104 cm³/mol. The topological polar surface area (TPSA) is 71.0 Å². The van der Waals surface area contributed by atoms with Crippen molar-refractivity contribution in [1.82, 2.24) is 25.9 Å². The first-order chi connectivity index (χ1) is 13.3. The number of benzene rings is 2. The van der Waals surface area contributed by atoms with Gasteiger partial charge >= 0.3 is 0 Å². The van der Waals surface area contributed by atoms with Gasteiger partial charge in [-0.3, -0.25) is 10.2 Å². The molecule has 3 N–H and O–H groups in total. The standard InChI is InChI=1S/C21H23N5O/c27-21(19-15-23-25-20(19)17-5-2-1-3-6-17)22-13-11-16-7-9-18(10-8-16)26-14-4-12-24-26/h1-10,12,14,19-20,23,25H,11,13,15H2,(H,22,27). The molecule has 1 aromatic heterocycles. The third-order valence-corrected chi connectivity index (χ3v) is 4.90. The van der Waals surface area contributed by atoms with Crippen LogP contribution in [0.5, 0.6) is 0 Å². The summed E-state index contributed by atoms with van der Waals surface area (Å²) < 4.78 is 1.83. The second-order valence-electron chi connectivity index (χ2n) is 6.68. The van der Waals surface area contributed by atoms with Crippen LogP contribution in [0.15, 0.2) is 73.1 Å². The molecule has 0 spiro atoms. The lowest BCUT2D eigenvalue weighted by molar-refractivity contribution is -0.124. The number of aromatic nitrogens is 2. The van der Waals surface area contributed by atoms with Gasteiger partial charge in [0, 0.05) is 25.5 Å². The maximum atomic E-state index is 12.6. The monoisotopic (exact) mass is 361 g/mol. The zero-order chi connectivity index (χ0) is 18.5. The van der Waals surface area contributed by atoms with Crippen LogP contribution in [0.2, 0.25) is 0 Å². The van der Waals surface area contributed by atoms with Crippen molar-refractivity contribution in [1.29, 1.82) is 0 Å². The quantitative estimate of drug-likeness (QED) is 0.628. The van der Waals surface area contributed by atoms with Crippen LogP contribution in [0.1, 0.15) is 17.2 Å². The van der Waals surface area contributed by atoms with E-state index in [0.29, 0.717) is 13.1 Å². The number of hydrogen-bond donors (Lipinski definition) is 3. The maximum Gasteiger partial charge on any atom is 0.226 e. The van der Waals surface area contributed by atoms with E-state index in [9.17, 15) is 4.79 Å². The predicted octanol–water partition coefficient (Wildman–Crippen LogP) is 2.00. The number of hydrogen-bond acceptors (Lipinski definition) is 4. The lowest BCUT2D eigenvalue weighted by Crippen LogP contribution is -2.36. The Morgan fingerprint density at radius 1 is 1.11 bits per heavy atom. The number of carbonyl (C=O) groups is 1. The minimum Gasteiger partial charge on any atom is -0.355 e. The summed E-state index contributed by atoms with van der Waals surface area (Å²) in [5, 5.41) is 7.30. The Kier molecular flexibility index (Phi) is 5.27. The molecule has 1 aliphatic rings. The molecule has 3 aromatic rings. The average molecular weight is 361 g/mol. The summed E-state index contributed by atoms with van der Waals surface area (Å²) in [5.41, 5.74) is 9.66. The molecule has 2 unspecified atom stereocenters. The molecular formula is C21H23N5O. The first-order valence-electron chi connectivity index (χ1n) is 9.21. The van der Waals surface area contributed by atoms with E-state index in [1.54, 1.807) is 6.20 Å². The minimum absolute atomic E-state index is 0.000413. The Morgan fingerprint density at radius 3 is 2.67 bits per heavy atom. The molecule has 2 aromatic carbocycles. The van der Waals surface area contributed by atoms with E-state index >= 15 is 0 Å². The fraction of sp³-hybridized carbons (Fsp3) is 0.238. The van der Waals surface area contributed by atoms with Gasteiger partial charge in [0.2, 0.25) is 5.91 Å². The lowest BCUT2D eigenvalue weighted by atomic mass is 9.94. The first-order valence-corrected chi connectivity index (χ1v) is 9.21. The Hall–Kier alpha value is -2.96. The van der Waals surface area contributed by atoms with Gasteiger partial charge in [0.15, 0.2) is 0 Å². The molecule has 1 fully saturated rings. The van der Waals surface area contributed by atoms with Crippen molar-refractivity contribution in [2.75, 3.05) is 13.1 Å². The second kappa shape index (κ2) is 8.16. The molecular weight excluding hydrogens is 338 g/mol. The van der Waals surface area contributed by atoms with Gasteiger partial charge < -0.3 is 5.32 Å². The largest absolute Gasteiger partial charge is 0.355 e. The van der Waals surface area contributed by atoms with Crippen LogP contribution in [0, 0.1) is 5.92 Å². The summed E-state index contributed by atoms with van der Waals surface area (Å²) in [6.07, 6.45) is 4.48. The number of rotatable bonds is 6. The van der Waals surface area contributed by atoms with Gasteiger partial charge in [-0.1, -0.05) is 42.5 Å². The number of amides is 1. The number of hydrazine groups is 1. The molecule has 1 aliphatic heterocycles. The third-order valence-electron chi connectivity index (χ3n) is 4.90. The Bertz CT molecular complexity index is 861. The molecule has 6 nitrogen and oxygen atoms in total. The van der Waals surface area contributed by atoms with E-state index in [2.05, 4.69) is 33.4 Å². The summed E-state index contributed by atoms with van der Waals surface area (Å²) in [6, 6.07) is 20.2. The molecule has 0 saturated carbocycles. The highest BCUT2D eigenvalue weighted by molar-refractivity contribution is 5.80. The average Bonchev–Trinajstić information content (AvgIpc) is 3.41. The zero-order valence-electron chi connectivity index (χ0n) is 15.0. The first kappa shape index (κ1) is 17.5. The van der Waals surface area contributed by atoms with E-state index in [0.717, 1.165) is 17.7 Å². The smallest absolute Gasteiger partial charge is 0.226 e. The summed E-state index contributed by atoms with van der Waals surface area (Å²) in [5.74, 6) is -0.0379. The number of nitrogens with one attached hydrogen (secondary N) is 3. The lowest BCUT2D eigenvalue weighted by Gasteiger charge is -2.18. The van der Waals surface area contributed by atoms with E-state index in [1.807, 2.05) is 59.4 Å². The minimum atomic E-state index is -0.116. The fourth-order valence-corrected chi connectivity index (χ4v) is 3.42. The highest BCUT2D eigenvalue weighted by atomic mass is 16.2.